The standard InChI is InChI=1S/C20H27N5OS.HI/c1-3-18-24-16(14-27-18)10-11-22-20(21-2)23-13-15-6-8-17(9-7-15)25-12-4-5-19(25)26;/h6-9,14H,3-5,10-13H2,1-2H3,(H2,21,22,23);1H. The Hall–Kier alpha value is -1.68. The molecule has 0 aliphatic carbocycles. The number of amides is 1. The van der Waals surface area contributed by atoms with Crippen molar-refractivity contribution in [2.75, 3.05) is 25.0 Å². The normalized spacial score (nSPS) is 14.1. The summed E-state index contributed by atoms with van der Waals surface area (Å²) in [5.74, 6) is 0.997. The lowest BCUT2D eigenvalue weighted by atomic mass is 10.2. The van der Waals surface area contributed by atoms with Gasteiger partial charge in [-0.2, -0.15) is 0 Å². The summed E-state index contributed by atoms with van der Waals surface area (Å²) < 4.78 is 0. The molecule has 2 N–H and O–H groups in total. The Morgan fingerprint density at radius 1 is 1.29 bits per heavy atom. The summed E-state index contributed by atoms with van der Waals surface area (Å²) >= 11 is 1.72. The number of carbonyl (C=O) groups is 1. The molecule has 1 aliphatic rings. The van der Waals surface area contributed by atoms with Gasteiger partial charge in [0, 0.05) is 50.6 Å². The predicted octanol–water partition coefficient (Wildman–Crippen LogP) is 3.36. The van der Waals surface area contributed by atoms with Crippen molar-refractivity contribution in [1.29, 1.82) is 0 Å². The number of thiazole rings is 1. The number of aryl methyl sites for hydroxylation is 1. The van der Waals surface area contributed by atoms with E-state index < -0.39 is 0 Å². The molecule has 2 heterocycles. The number of aromatic nitrogens is 1. The Balaban J connectivity index is 0.00000280. The van der Waals surface area contributed by atoms with Crippen LogP contribution >= 0.6 is 35.3 Å². The fourth-order valence-corrected chi connectivity index (χ4v) is 3.84. The zero-order valence-corrected chi connectivity index (χ0v) is 19.5. The molecule has 6 nitrogen and oxygen atoms in total. The number of guanidine groups is 1. The largest absolute Gasteiger partial charge is 0.356 e. The third-order valence-corrected chi connectivity index (χ3v) is 5.62. The molecular formula is C20H28IN5OS. The minimum absolute atomic E-state index is 0. The van der Waals surface area contributed by atoms with Gasteiger partial charge in [-0.15, -0.1) is 35.3 Å². The van der Waals surface area contributed by atoms with Gasteiger partial charge in [0.25, 0.3) is 0 Å². The van der Waals surface area contributed by atoms with E-state index in [4.69, 9.17) is 0 Å². The van der Waals surface area contributed by atoms with Gasteiger partial charge in [0.05, 0.1) is 10.7 Å². The molecule has 8 heteroatoms. The summed E-state index contributed by atoms with van der Waals surface area (Å²) in [6.45, 7) is 4.43. The Bertz CT molecular complexity index is 790. The van der Waals surface area contributed by atoms with Crippen LogP contribution < -0.4 is 15.5 Å². The van der Waals surface area contributed by atoms with Crippen molar-refractivity contribution < 1.29 is 4.79 Å². The topological polar surface area (TPSA) is 69.6 Å². The van der Waals surface area contributed by atoms with Crippen molar-refractivity contribution in [3.63, 3.8) is 0 Å². The molecule has 1 amide bonds. The lowest BCUT2D eigenvalue weighted by molar-refractivity contribution is -0.117. The highest BCUT2D eigenvalue weighted by Crippen LogP contribution is 2.21. The Morgan fingerprint density at radius 2 is 2.07 bits per heavy atom. The van der Waals surface area contributed by atoms with Crippen molar-refractivity contribution in [2.24, 2.45) is 4.99 Å². The average Bonchev–Trinajstić information content (AvgIpc) is 3.33. The van der Waals surface area contributed by atoms with E-state index in [-0.39, 0.29) is 29.9 Å². The third kappa shape index (κ3) is 6.16. The smallest absolute Gasteiger partial charge is 0.227 e. The molecule has 0 bridgehead atoms. The van der Waals surface area contributed by atoms with Crippen molar-refractivity contribution in [3.05, 3.63) is 45.9 Å². The van der Waals surface area contributed by atoms with E-state index in [1.165, 1.54) is 5.01 Å². The number of aliphatic imine (C=N–C) groups is 1. The van der Waals surface area contributed by atoms with Crippen molar-refractivity contribution in [1.82, 2.24) is 15.6 Å². The maximum Gasteiger partial charge on any atom is 0.227 e. The maximum atomic E-state index is 11.8. The number of nitrogens with zero attached hydrogens (tertiary/aromatic N) is 3. The number of halogens is 1. The maximum absolute atomic E-state index is 11.8. The summed E-state index contributed by atoms with van der Waals surface area (Å²) in [5, 5.41) is 9.97. The molecule has 3 rings (SSSR count). The summed E-state index contributed by atoms with van der Waals surface area (Å²) in [6, 6.07) is 8.15. The van der Waals surface area contributed by atoms with E-state index in [0.717, 1.165) is 55.3 Å². The van der Waals surface area contributed by atoms with Crippen LogP contribution in [0.25, 0.3) is 0 Å². The lowest BCUT2D eigenvalue weighted by Crippen LogP contribution is -2.37. The van der Waals surface area contributed by atoms with Gasteiger partial charge >= 0.3 is 0 Å². The number of nitrogens with one attached hydrogen (secondary N) is 2. The minimum atomic E-state index is 0. The highest BCUT2D eigenvalue weighted by Gasteiger charge is 2.21. The van der Waals surface area contributed by atoms with Crippen LogP contribution in [0, 0.1) is 0 Å². The SMILES string of the molecule is CCc1nc(CCNC(=NC)NCc2ccc(N3CCCC3=O)cc2)cs1.I. The van der Waals surface area contributed by atoms with Gasteiger partial charge < -0.3 is 15.5 Å². The van der Waals surface area contributed by atoms with Crippen LogP contribution in [0.5, 0.6) is 0 Å². The second kappa shape index (κ2) is 11.4. The average molecular weight is 513 g/mol. The molecule has 2 aromatic rings. The van der Waals surface area contributed by atoms with Gasteiger partial charge in [0.2, 0.25) is 5.91 Å². The van der Waals surface area contributed by atoms with E-state index in [1.807, 2.05) is 17.0 Å². The van der Waals surface area contributed by atoms with Crippen molar-refractivity contribution in [3.8, 4) is 0 Å². The van der Waals surface area contributed by atoms with Gasteiger partial charge in [-0.25, -0.2) is 4.98 Å². The number of carbonyl (C=O) groups excluding carboxylic acids is 1. The van der Waals surface area contributed by atoms with Crippen LogP contribution in [0.1, 0.15) is 36.0 Å². The van der Waals surface area contributed by atoms with Crippen LogP contribution in [0.3, 0.4) is 0 Å². The Kier molecular flexibility index (Phi) is 9.17. The van der Waals surface area contributed by atoms with Gasteiger partial charge in [-0.1, -0.05) is 19.1 Å². The molecule has 152 valence electrons. The Morgan fingerprint density at radius 3 is 2.68 bits per heavy atom. The predicted molar refractivity (Wildman–Crippen MR) is 127 cm³/mol. The molecule has 0 radical (unpaired) electrons. The highest BCUT2D eigenvalue weighted by molar-refractivity contribution is 14.0. The number of rotatable bonds is 7. The molecule has 1 aliphatic heterocycles. The molecule has 0 atom stereocenters. The third-order valence-electron chi connectivity index (χ3n) is 4.58. The molecular weight excluding hydrogens is 485 g/mol. The van der Waals surface area contributed by atoms with Gasteiger partial charge in [0.15, 0.2) is 5.96 Å². The van der Waals surface area contributed by atoms with Crippen LogP contribution in [-0.4, -0.2) is 37.0 Å². The zero-order chi connectivity index (χ0) is 19.1. The molecule has 1 saturated heterocycles. The van der Waals surface area contributed by atoms with Crippen LogP contribution in [0.2, 0.25) is 0 Å². The van der Waals surface area contributed by atoms with E-state index >= 15 is 0 Å². The summed E-state index contributed by atoms with van der Waals surface area (Å²) in [5.41, 5.74) is 3.27. The quantitative estimate of drug-likeness (QED) is 0.339. The fourth-order valence-electron chi connectivity index (χ4n) is 3.06. The van der Waals surface area contributed by atoms with Crippen molar-refractivity contribution in [2.45, 2.75) is 39.2 Å². The van der Waals surface area contributed by atoms with E-state index in [2.05, 4.69) is 45.0 Å². The minimum Gasteiger partial charge on any atom is -0.356 e. The molecule has 28 heavy (non-hydrogen) atoms. The first-order chi connectivity index (χ1) is 13.2. The molecule has 1 aromatic carbocycles. The number of hydrogen-bond acceptors (Lipinski definition) is 4. The molecule has 0 unspecified atom stereocenters. The first-order valence-electron chi connectivity index (χ1n) is 9.46. The molecule has 1 fully saturated rings. The summed E-state index contributed by atoms with van der Waals surface area (Å²) in [7, 11) is 1.77. The summed E-state index contributed by atoms with van der Waals surface area (Å²) in [4.78, 5) is 22.5. The van der Waals surface area contributed by atoms with Gasteiger partial charge in [0.1, 0.15) is 0 Å². The highest BCUT2D eigenvalue weighted by atomic mass is 127. The first-order valence-corrected chi connectivity index (χ1v) is 10.3. The van der Waals surface area contributed by atoms with E-state index in [9.17, 15) is 4.79 Å². The Labute approximate surface area is 187 Å². The fraction of sp³-hybridized carbons (Fsp3) is 0.450. The van der Waals surface area contributed by atoms with Crippen LogP contribution in [0.15, 0.2) is 34.6 Å². The summed E-state index contributed by atoms with van der Waals surface area (Å²) in [6.07, 6.45) is 3.48. The monoisotopic (exact) mass is 513 g/mol. The van der Waals surface area contributed by atoms with Gasteiger partial charge in [-0.3, -0.25) is 9.79 Å². The number of anilines is 1. The lowest BCUT2D eigenvalue weighted by Gasteiger charge is -2.16. The molecule has 0 spiro atoms. The second-order valence-electron chi connectivity index (χ2n) is 6.50. The zero-order valence-electron chi connectivity index (χ0n) is 16.4. The molecule has 0 saturated carbocycles. The van der Waals surface area contributed by atoms with E-state index in [0.29, 0.717) is 13.0 Å². The van der Waals surface area contributed by atoms with Crippen LogP contribution in [0.4, 0.5) is 5.69 Å². The number of hydrogen-bond donors (Lipinski definition) is 2. The number of benzene rings is 1. The first kappa shape index (κ1) is 22.6. The van der Waals surface area contributed by atoms with Crippen LogP contribution in [-0.2, 0) is 24.2 Å². The molecule has 1 aromatic heterocycles. The van der Waals surface area contributed by atoms with Crippen molar-refractivity contribution >= 4 is 52.9 Å². The second-order valence-corrected chi connectivity index (χ2v) is 7.45. The van der Waals surface area contributed by atoms with Gasteiger partial charge in [-0.05, 0) is 30.5 Å². The van der Waals surface area contributed by atoms with E-state index in [1.54, 1.807) is 18.4 Å².